The van der Waals surface area contributed by atoms with E-state index in [9.17, 15) is 14.4 Å². The zero-order chi connectivity index (χ0) is 19.6. The van der Waals surface area contributed by atoms with E-state index in [2.05, 4.69) is 10.6 Å². The first-order valence-corrected chi connectivity index (χ1v) is 9.76. The summed E-state index contributed by atoms with van der Waals surface area (Å²) in [5.74, 6) is -0.844. The van der Waals surface area contributed by atoms with Crippen LogP contribution in [0.4, 0.5) is 5.69 Å². The summed E-state index contributed by atoms with van der Waals surface area (Å²) >= 11 is 0. The maximum Gasteiger partial charge on any atom is 0.306 e. The van der Waals surface area contributed by atoms with Crippen molar-refractivity contribution in [3.05, 3.63) is 29.3 Å². The first kappa shape index (κ1) is 20.9. The molecule has 2 amide bonds. The molecule has 0 radical (unpaired) electrons. The molecule has 6 nitrogen and oxygen atoms in total. The molecule has 6 heteroatoms. The maximum atomic E-state index is 11.9. The van der Waals surface area contributed by atoms with Gasteiger partial charge in [-0.05, 0) is 44.7 Å². The smallest absolute Gasteiger partial charge is 0.306 e. The molecule has 1 aromatic rings. The highest BCUT2D eigenvalue weighted by Crippen LogP contribution is 2.18. The first-order chi connectivity index (χ1) is 12.9. The van der Waals surface area contributed by atoms with E-state index in [-0.39, 0.29) is 30.9 Å². The van der Waals surface area contributed by atoms with Gasteiger partial charge in [-0.2, -0.15) is 0 Å². The standard InChI is InChI=1S/C21H30N2O4/c1-15-11-12-18(16(2)13-15)23-20(25)14-27-21(26)10-6-9-19(24)22-17-7-4-3-5-8-17/h11-13,17H,3-10,14H2,1-2H3,(H,22,24)(H,23,25). The first-order valence-electron chi connectivity index (χ1n) is 9.76. The summed E-state index contributed by atoms with van der Waals surface area (Å²) in [6.07, 6.45) is 6.54. The molecule has 0 bridgehead atoms. The molecule has 1 saturated carbocycles. The van der Waals surface area contributed by atoms with Gasteiger partial charge in [0.1, 0.15) is 0 Å². The number of esters is 1. The molecule has 0 aromatic heterocycles. The third kappa shape index (κ3) is 7.81. The summed E-state index contributed by atoms with van der Waals surface area (Å²) in [7, 11) is 0. The van der Waals surface area contributed by atoms with E-state index < -0.39 is 5.97 Å². The van der Waals surface area contributed by atoms with Crippen LogP contribution < -0.4 is 10.6 Å². The lowest BCUT2D eigenvalue weighted by Gasteiger charge is -2.22. The van der Waals surface area contributed by atoms with Gasteiger partial charge in [-0.1, -0.05) is 37.0 Å². The van der Waals surface area contributed by atoms with E-state index in [4.69, 9.17) is 4.74 Å². The number of carbonyl (C=O) groups excluding carboxylic acids is 3. The van der Waals surface area contributed by atoms with Crippen molar-refractivity contribution in [2.45, 2.75) is 71.3 Å². The van der Waals surface area contributed by atoms with Crippen LogP contribution in [0, 0.1) is 13.8 Å². The molecule has 1 aliphatic rings. The zero-order valence-corrected chi connectivity index (χ0v) is 16.3. The van der Waals surface area contributed by atoms with Crippen molar-refractivity contribution in [3.63, 3.8) is 0 Å². The van der Waals surface area contributed by atoms with Gasteiger partial charge in [-0.25, -0.2) is 0 Å². The molecule has 0 spiro atoms. The monoisotopic (exact) mass is 374 g/mol. The van der Waals surface area contributed by atoms with Crippen molar-refractivity contribution >= 4 is 23.5 Å². The summed E-state index contributed by atoms with van der Waals surface area (Å²) < 4.78 is 4.99. The summed E-state index contributed by atoms with van der Waals surface area (Å²) in [6.45, 7) is 3.57. The fraction of sp³-hybridized carbons (Fsp3) is 0.571. The SMILES string of the molecule is Cc1ccc(NC(=O)COC(=O)CCCC(=O)NC2CCCCC2)c(C)c1. The number of anilines is 1. The average Bonchev–Trinajstić information content (AvgIpc) is 2.63. The van der Waals surface area contributed by atoms with E-state index in [0.717, 1.165) is 24.0 Å². The third-order valence-electron chi connectivity index (χ3n) is 4.78. The predicted molar refractivity (Wildman–Crippen MR) is 104 cm³/mol. The molecule has 0 saturated heterocycles. The summed E-state index contributed by atoms with van der Waals surface area (Å²) in [4.78, 5) is 35.5. The molecule has 0 unspecified atom stereocenters. The Labute approximate surface area is 161 Å². The van der Waals surface area contributed by atoms with Crippen LogP contribution in [-0.2, 0) is 19.1 Å². The van der Waals surface area contributed by atoms with Crippen LogP contribution in [0.3, 0.4) is 0 Å². The maximum absolute atomic E-state index is 11.9. The van der Waals surface area contributed by atoms with Crippen LogP contribution in [0.25, 0.3) is 0 Å². The number of amides is 2. The Balaban J connectivity index is 1.59. The molecular weight excluding hydrogens is 344 g/mol. The number of hydrogen-bond acceptors (Lipinski definition) is 4. The van der Waals surface area contributed by atoms with E-state index in [0.29, 0.717) is 18.5 Å². The van der Waals surface area contributed by atoms with Crippen LogP contribution in [0.15, 0.2) is 18.2 Å². The minimum absolute atomic E-state index is 0.0118. The van der Waals surface area contributed by atoms with Gasteiger partial charge >= 0.3 is 5.97 Å². The molecule has 1 fully saturated rings. The minimum Gasteiger partial charge on any atom is -0.456 e. The number of rotatable bonds is 8. The Morgan fingerprint density at radius 1 is 1.04 bits per heavy atom. The molecule has 148 valence electrons. The van der Waals surface area contributed by atoms with E-state index in [1.165, 1.54) is 19.3 Å². The second kappa shape index (κ2) is 10.7. The topological polar surface area (TPSA) is 84.5 Å². The van der Waals surface area contributed by atoms with Gasteiger partial charge < -0.3 is 15.4 Å². The molecule has 2 N–H and O–H groups in total. The van der Waals surface area contributed by atoms with Crippen LogP contribution >= 0.6 is 0 Å². The minimum atomic E-state index is -0.462. The van der Waals surface area contributed by atoms with Gasteiger partial charge in [0, 0.05) is 24.6 Å². The van der Waals surface area contributed by atoms with Gasteiger partial charge in [0.15, 0.2) is 6.61 Å². The van der Waals surface area contributed by atoms with Crippen molar-refractivity contribution in [2.75, 3.05) is 11.9 Å². The molecular formula is C21H30N2O4. The van der Waals surface area contributed by atoms with Gasteiger partial charge in [-0.15, -0.1) is 0 Å². The van der Waals surface area contributed by atoms with Crippen molar-refractivity contribution in [1.82, 2.24) is 5.32 Å². The Morgan fingerprint density at radius 3 is 2.48 bits per heavy atom. The Morgan fingerprint density at radius 2 is 1.78 bits per heavy atom. The molecule has 27 heavy (non-hydrogen) atoms. The number of ether oxygens (including phenoxy) is 1. The zero-order valence-electron chi connectivity index (χ0n) is 16.3. The van der Waals surface area contributed by atoms with Crippen LogP contribution in [0.5, 0.6) is 0 Å². The second-order valence-electron chi connectivity index (χ2n) is 7.28. The summed E-state index contributed by atoms with van der Waals surface area (Å²) in [5, 5.41) is 5.76. The summed E-state index contributed by atoms with van der Waals surface area (Å²) in [5.41, 5.74) is 2.78. The highest BCUT2D eigenvalue weighted by atomic mass is 16.5. The lowest BCUT2D eigenvalue weighted by atomic mass is 9.95. The highest BCUT2D eigenvalue weighted by molar-refractivity contribution is 5.93. The Kier molecular flexibility index (Phi) is 8.30. The lowest BCUT2D eigenvalue weighted by Crippen LogP contribution is -2.36. The molecule has 0 aliphatic heterocycles. The van der Waals surface area contributed by atoms with Crippen molar-refractivity contribution in [3.8, 4) is 0 Å². The fourth-order valence-corrected chi connectivity index (χ4v) is 3.30. The Bertz CT molecular complexity index is 666. The second-order valence-corrected chi connectivity index (χ2v) is 7.28. The van der Waals surface area contributed by atoms with E-state index in [1.54, 1.807) is 0 Å². The number of benzene rings is 1. The van der Waals surface area contributed by atoms with Gasteiger partial charge in [0.25, 0.3) is 5.91 Å². The fourth-order valence-electron chi connectivity index (χ4n) is 3.30. The van der Waals surface area contributed by atoms with Crippen molar-refractivity contribution in [2.24, 2.45) is 0 Å². The van der Waals surface area contributed by atoms with Crippen LogP contribution in [0.1, 0.15) is 62.5 Å². The third-order valence-corrected chi connectivity index (χ3v) is 4.78. The van der Waals surface area contributed by atoms with Crippen molar-refractivity contribution < 1.29 is 19.1 Å². The van der Waals surface area contributed by atoms with E-state index >= 15 is 0 Å². The molecule has 2 rings (SSSR count). The number of hydrogen-bond donors (Lipinski definition) is 2. The van der Waals surface area contributed by atoms with E-state index in [1.807, 2.05) is 32.0 Å². The quantitative estimate of drug-likeness (QED) is 0.683. The molecule has 0 heterocycles. The largest absolute Gasteiger partial charge is 0.456 e. The number of carbonyl (C=O) groups is 3. The lowest BCUT2D eigenvalue weighted by molar-refractivity contribution is -0.147. The number of nitrogens with one attached hydrogen (secondary N) is 2. The predicted octanol–water partition coefficient (Wildman–Crippen LogP) is 3.40. The van der Waals surface area contributed by atoms with Crippen LogP contribution in [0.2, 0.25) is 0 Å². The normalized spacial score (nSPS) is 14.4. The molecule has 1 aliphatic carbocycles. The highest BCUT2D eigenvalue weighted by Gasteiger charge is 2.16. The molecule has 0 atom stereocenters. The van der Waals surface area contributed by atoms with Crippen LogP contribution in [-0.4, -0.2) is 30.4 Å². The average molecular weight is 374 g/mol. The Hall–Kier alpha value is -2.37. The number of aryl methyl sites for hydroxylation is 2. The van der Waals surface area contributed by atoms with Gasteiger partial charge in [-0.3, -0.25) is 14.4 Å². The summed E-state index contributed by atoms with van der Waals surface area (Å²) in [6, 6.07) is 5.99. The van der Waals surface area contributed by atoms with Crippen molar-refractivity contribution in [1.29, 1.82) is 0 Å². The van der Waals surface area contributed by atoms with Gasteiger partial charge in [0.05, 0.1) is 0 Å². The molecule has 1 aromatic carbocycles. The van der Waals surface area contributed by atoms with Gasteiger partial charge in [0.2, 0.25) is 5.91 Å².